The molecule has 1 saturated heterocycles. The van der Waals surface area contributed by atoms with Crippen molar-refractivity contribution in [3.8, 4) is 0 Å². The molecule has 1 aliphatic heterocycles. The third-order valence-electron chi connectivity index (χ3n) is 2.50. The van der Waals surface area contributed by atoms with Crippen molar-refractivity contribution in [2.75, 3.05) is 11.9 Å². The normalized spacial score (nSPS) is 18.3. The van der Waals surface area contributed by atoms with E-state index in [1.165, 1.54) is 30.0 Å². The Kier molecular flexibility index (Phi) is 5.51. The average molecular weight is 324 g/mol. The van der Waals surface area contributed by atoms with Crippen LogP contribution in [0.4, 0.5) is 5.13 Å². The van der Waals surface area contributed by atoms with Gasteiger partial charge in [0, 0.05) is 19.7 Å². The largest absolute Gasteiger partial charge is 0.302 e. The maximum atomic E-state index is 11.8. The van der Waals surface area contributed by atoms with Crippen LogP contribution in [0, 0.1) is 0 Å². The summed E-state index contributed by atoms with van der Waals surface area (Å²) in [6.45, 7) is 4.25. The van der Waals surface area contributed by atoms with Crippen molar-refractivity contribution in [1.82, 2.24) is 10.3 Å². The number of amidine groups is 1. The number of hydrogen-bond acceptors (Lipinski definition) is 6. The number of nitrogens with one attached hydrogen (secondary N) is 2. The number of nitrogens with zero attached hydrogens (tertiary/aromatic N) is 2. The summed E-state index contributed by atoms with van der Waals surface area (Å²) in [5.41, 5.74) is 0. The molecule has 21 heavy (non-hydrogen) atoms. The SMILES string of the molecule is CCCCN=C1NC(=O)C(=Cc2cnc(NC(C)=O)s2)S1. The van der Waals surface area contributed by atoms with Crippen molar-refractivity contribution in [3.05, 3.63) is 16.0 Å². The fraction of sp³-hybridized carbons (Fsp3) is 0.385. The Labute approximate surface area is 131 Å². The Morgan fingerprint density at radius 1 is 1.57 bits per heavy atom. The van der Waals surface area contributed by atoms with Crippen LogP contribution in [0.2, 0.25) is 0 Å². The second-order valence-corrected chi connectivity index (χ2v) is 6.45. The van der Waals surface area contributed by atoms with E-state index < -0.39 is 0 Å². The first kappa shape index (κ1) is 15.7. The van der Waals surface area contributed by atoms with Crippen molar-refractivity contribution in [2.24, 2.45) is 4.99 Å². The number of carbonyl (C=O) groups excluding carboxylic acids is 2. The molecule has 1 fully saturated rings. The van der Waals surface area contributed by atoms with Crippen LogP contribution >= 0.6 is 23.1 Å². The Balaban J connectivity index is 2.04. The summed E-state index contributed by atoms with van der Waals surface area (Å²) < 4.78 is 0. The maximum Gasteiger partial charge on any atom is 0.264 e. The van der Waals surface area contributed by atoms with Gasteiger partial charge in [-0.25, -0.2) is 4.98 Å². The van der Waals surface area contributed by atoms with E-state index in [0.29, 0.717) is 15.2 Å². The molecule has 0 spiro atoms. The van der Waals surface area contributed by atoms with E-state index in [4.69, 9.17) is 0 Å². The second kappa shape index (κ2) is 7.37. The minimum absolute atomic E-state index is 0.148. The Morgan fingerprint density at radius 3 is 3.10 bits per heavy atom. The van der Waals surface area contributed by atoms with Crippen LogP contribution in [-0.4, -0.2) is 28.5 Å². The molecular formula is C13H16N4O2S2. The molecule has 0 bridgehead atoms. The summed E-state index contributed by atoms with van der Waals surface area (Å²) in [6, 6.07) is 0. The summed E-state index contributed by atoms with van der Waals surface area (Å²) in [4.78, 5) is 32.6. The number of aromatic nitrogens is 1. The number of thiazole rings is 1. The van der Waals surface area contributed by atoms with Gasteiger partial charge in [-0.05, 0) is 24.3 Å². The lowest BCUT2D eigenvalue weighted by molar-refractivity contribution is -0.115. The molecule has 0 unspecified atom stereocenters. The zero-order valence-corrected chi connectivity index (χ0v) is 13.4. The summed E-state index contributed by atoms with van der Waals surface area (Å²) in [7, 11) is 0. The topological polar surface area (TPSA) is 83.4 Å². The average Bonchev–Trinajstić information content (AvgIpc) is 2.98. The van der Waals surface area contributed by atoms with Crippen LogP contribution < -0.4 is 10.6 Å². The summed E-state index contributed by atoms with van der Waals surface area (Å²) >= 11 is 2.65. The van der Waals surface area contributed by atoms with Crippen molar-refractivity contribution in [1.29, 1.82) is 0 Å². The van der Waals surface area contributed by atoms with Crippen LogP contribution in [-0.2, 0) is 9.59 Å². The van der Waals surface area contributed by atoms with E-state index in [0.717, 1.165) is 24.3 Å². The van der Waals surface area contributed by atoms with Gasteiger partial charge in [-0.2, -0.15) is 0 Å². The number of rotatable bonds is 5. The van der Waals surface area contributed by atoms with Crippen LogP contribution in [0.15, 0.2) is 16.1 Å². The van der Waals surface area contributed by atoms with Crippen LogP contribution in [0.1, 0.15) is 31.6 Å². The smallest absolute Gasteiger partial charge is 0.264 e. The maximum absolute atomic E-state index is 11.8. The first-order valence-electron chi connectivity index (χ1n) is 6.57. The standard InChI is InChI=1S/C13H16N4O2S2/c1-3-4-5-14-12-17-11(19)10(21-12)6-9-7-15-13(20-9)16-8(2)18/h6-7H,3-5H2,1-2H3,(H,14,17,19)(H,15,16,18). The van der Waals surface area contributed by atoms with E-state index in [9.17, 15) is 9.59 Å². The third kappa shape index (κ3) is 4.68. The van der Waals surface area contributed by atoms with Gasteiger partial charge in [-0.1, -0.05) is 24.7 Å². The first-order valence-corrected chi connectivity index (χ1v) is 8.20. The Hall–Kier alpha value is -1.67. The minimum atomic E-state index is -0.165. The number of thioether (sulfide) groups is 1. The molecule has 1 aromatic heterocycles. The van der Waals surface area contributed by atoms with Gasteiger partial charge in [0.25, 0.3) is 5.91 Å². The fourth-order valence-electron chi connectivity index (χ4n) is 1.53. The number of aliphatic imine (C=N–C) groups is 1. The molecular weight excluding hydrogens is 308 g/mol. The predicted molar refractivity (Wildman–Crippen MR) is 87.3 cm³/mol. The molecule has 2 rings (SSSR count). The Bertz CT molecular complexity index is 607. The molecule has 1 aromatic rings. The highest BCUT2D eigenvalue weighted by Gasteiger charge is 2.23. The van der Waals surface area contributed by atoms with Gasteiger partial charge in [0.1, 0.15) is 0 Å². The molecule has 0 aliphatic carbocycles. The van der Waals surface area contributed by atoms with Crippen molar-refractivity contribution in [3.63, 3.8) is 0 Å². The van der Waals surface area contributed by atoms with Gasteiger partial charge in [0.15, 0.2) is 10.3 Å². The number of carbonyl (C=O) groups is 2. The monoisotopic (exact) mass is 324 g/mol. The molecule has 0 aromatic carbocycles. The summed E-state index contributed by atoms with van der Waals surface area (Å²) in [5, 5.41) is 6.52. The number of anilines is 1. The molecule has 1 aliphatic rings. The van der Waals surface area contributed by atoms with Gasteiger partial charge >= 0.3 is 0 Å². The zero-order chi connectivity index (χ0) is 15.2. The van der Waals surface area contributed by atoms with Gasteiger partial charge < -0.3 is 10.6 Å². The van der Waals surface area contributed by atoms with Gasteiger partial charge in [-0.15, -0.1) is 0 Å². The molecule has 0 atom stereocenters. The molecule has 2 N–H and O–H groups in total. The van der Waals surface area contributed by atoms with Gasteiger partial charge in [-0.3, -0.25) is 14.6 Å². The van der Waals surface area contributed by atoms with Crippen molar-refractivity contribution < 1.29 is 9.59 Å². The van der Waals surface area contributed by atoms with Crippen LogP contribution in [0.5, 0.6) is 0 Å². The highest BCUT2D eigenvalue weighted by atomic mass is 32.2. The highest BCUT2D eigenvalue weighted by molar-refractivity contribution is 8.18. The molecule has 2 amide bonds. The van der Waals surface area contributed by atoms with Crippen LogP contribution in [0.3, 0.4) is 0 Å². The highest BCUT2D eigenvalue weighted by Crippen LogP contribution is 2.28. The first-order chi connectivity index (χ1) is 10.1. The molecule has 0 saturated carbocycles. The summed E-state index contributed by atoms with van der Waals surface area (Å²) in [6.07, 6.45) is 5.47. The quantitative estimate of drug-likeness (QED) is 0.644. The third-order valence-corrected chi connectivity index (χ3v) is 4.31. The lowest BCUT2D eigenvalue weighted by atomic mass is 10.3. The van der Waals surface area contributed by atoms with E-state index in [1.54, 1.807) is 12.3 Å². The number of amides is 2. The van der Waals surface area contributed by atoms with Gasteiger partial charge in [0.2, 0.25) is 5.91 Å². The van der Waals surface area contributed by atoms with E-state index in [2.05, 4.69) is 27.5 Å². The lowest BCUT2D eigenvalue weighted by Crippen LogP contribution is -2.19. The zero-order valence-electron chi connectivity index (χ0n) is 11.8. The molecule has 112 valence electrons. The Morgan fingerprint density at radius 2 is 2.38 bits per heavy atom. The molecule has 6 nitrogen and oxygen atoms in total. The van der Waals surface area contributed by atoms with E-state index in [1.807, 2.05) is 0 Å². The number of hydrogen-bond donors (Lipinski definition) is 2. The second-order valence-electron chi connectivity index (χ2n) is 4.35. The summed E-state index contributed by atoms with van der Waals surface area (Å²) in [5.74, 6) is -0.313. The van der Waals surface area contributed by atoms with Crippen LogP contribution in [0.25, 0.3) is 6.08 Å². The molecule has 0 radical (unpaired) electrons. The molecule has 8 heteroatoms. The lowest BCUT2D eigenvalue weighted by Gasteiger charge is -1.93. The minimum Gasteiger partial charge on any atom is -0.302 e. The van der Waals surface area contributed by atoms with Gasteiger partial charge in [0.05, 0.1) is 9.78 Å². The molecule has 2 heterocycles. The number of unbranched alkanes of at least 4 members (excludes halogenated alkanes) is 1. The fourth-order valence-corrected chi connectivity index (χ4v) is 3.25. The van der Waals surface area contributed by atoms with Crippen molar-refractivity contribution >= 4 is 51.3 Å². The predicted octanol–water partition coefficient (Wildman–Crippen LogP) is 2.46. The van der Waals surface area contributed by atoms with E-state index >= 15 is 0 Å². The van der Waals surface area contributed by atoms with Crippen molar-refractivity contribution in [2.45, 2.75) is 26.7 Å². The van der Waals surface area contributed by atoms with E-state index in [-0.39, 0.29) is 11.8 Å².